The van der Waals surface area contributed by atoms with Crippen molar-refractivity contribution in [3.63, 3.8) is 0 Å². The Morgan fingerprint density at radius 2 is 1.05 bits per heavy atom. The summed E-state index contributed by atoms with van der Waals surface area (Å²) in [6.07, 6.45) is -0.540. The molecular weight excluding hydrogens is 238 g/mol. The molecule has 0 saturated heterocycles. The molecule has 100 valence electrons. The fourth-order valence-electron chi connectivity index (χ4n) is 2.01. The van der Waals surface area contributed by atoms with Crippen LogP contribution in [0.15, 0.2) is 60.7 Å². The minimum Gasteiger partial charge on any atom is -0.378 e. The van der Waals surface area contributed by atoms with E-state index in [1.54, 1.807) is 0 Å². The van der Waals surface area contributed by atoms with E-state index in [-0.39, 0.29) is 0 Å². The predicted molar refractivity (Wildman–Crippen MR) is 75.4 cm³/mol. The Morgan fingerprint density at radius 1 is 0.684 bits per heavy atom. The largest absolute Gasteiger partial charge is 0.378 e. The van der Waals surface area contributed by atoms with Gasteiger partial charge in [-0.25, -0.2) is 0 Å². The van der Waals surface area contributed by atoms with Gasteiger partial charge < -0.3 is 10.2 Å². The van der Waals surface area contributed by atoms with E-state index in [0.717, 1.165) is 11.1 Å². The lowest BCUT2D eigenvalue weighted by atomic mass is 10.1. The molecule has 0 radical (unpaired) electrons. The average Bonchev–Trinajstić information content (AvgIpc) is 2.40. The number of benzene rings is 2. The Balaban J connectivity index is 1.80. The summed E-state index contributed by atoms with van der Waals surface area (Å²) in [4.78, 5) is 0. The molecule has 3 N–H and O–H groups in total. The Hall–Kier alpha value is -1.68. The molecular formula is C16H19NO2. The molecule has 0 aliphatic heterocycles. The number of rotatable bonds is 6. The van der Waals surface area contributed by atoms with E-state index in [1.807, 2.05) is 60.7 Å². The van der Waals surface area contributed by atoms with Gasteiger partial charge in [0.25, 0.3) is 0 Å². The molecule has 2 rings (SSSR count). The molecule has 0 saturated carbocycles. The van der Waals surface area contributed by atoms with Crippen LogP contribution in [0, 0.1) is 0 Å². The van der Waals surface area contributed by atoms with Crippen molar-refractivity contribution in [3.8, 4) is 0 Å². The van der Waals surface area contributed by atoms with Crippen LogP contribution in [-0.2, 0) is 12.8 Å². The second kappa shape index (κ2) is 7.04. The first-order chi connectivity index (χ1) is 9.24. The molecule has 0 spiro atoms. The van der Waals surface area contributed by atoms with Gasteiger partial charge in [-0.05, 0) is 11.1 Å². The molecule has 0 amide bonds. The molecule has 19 heavy (non-hydrogen) atoms. The van der Waals surface area contributed by atoms with Crippen molar-refractivity contribution in [3.05, 3.63) is 71.8 Å². The summed E-state index contributed by atoms with van der Waals surface area (Å²) in [5, 5.41) is 22.5. The van der Waals surface area contributed by atoms with Crippen LogP contribution in [0.3, 0.4) is 0 Å². The third-order valence-electron chi connectivity index (χ3n) is 2.93. The molecule has 3 heteroatoms. The maximum absolute atomic E-state index is 9.88. The molecule has 0 heterocycles. The maximum atomic E-state index is 9.88. The molecule has 0 aliphatic carbocycles. The van der Waals surface area contributed by atoms with Crippen molar-refractivity contribution in [2.24, 2.45) is 0 Å². The second-order valence-electron chi connectivity index (χ2n) is 4.58. The standard InChI is InChI=1S/C16H19NO2/c18-15(11-13-7-3-1-4-8-13)17-16(19)12-14-9-5-2-6-10-14/h1-10,15-19H,11-12H2. The fraction of sp³-hybridized carbons (Fsp3) is 0.250. The lowest BCUT2D eigenvalue weighted by Crippen LogP contribution is -2.40. The van der Waals surface area contributed by atoms with Crippen molar-refractivity contribution in [2.45, 2.75) is 25.3 Å². The highest BCUT2D eigenvalue weighted by Gasteiger charge is 2.11. The van der Waals surface area contributed by atoms with Crippen LogP contribution in [0.4, 0.5) is 0 Å². The first-order valence-corrected chi connectivity index (χ1v) is 6.44. The number of hydrogen-bond acceptors (Lipinski definition) is 3. The monoisotopic (exact) mass is 257 g/mol. The zero-order valence-corrected chi connectivity index (χ0v) is 10.7. The number of hydrogen-bond donors (Lipinski definition) is 3. The highest BCUT2D eigenvalue weighted by atomic mass is 16.3. The van der Waals surface area contributed by atoms with Crippen molar-refractivity contribution in [2.75, 3.05) is 0 Å². The van der Waals surface area contributed by atoms with Crippen LogP contribution in [-0.4, -0.2) is 22.7 Å². The molecule has 0 fully saturated rings. The Kier molecular flexibility index (Phi) is 5.10. The molecule has 3 nitrogen and oxygen atoms in total. The number of aliphatic hydroxyl groups excluding tert-OH is 2. The van der Waals surface area contributed by atoms with Crippen molar-refractivity contribution >= 4 is 0 Å². The van der Waals surface area contributed by atoms with Crippen molar-refractivity contribution in [1.29, 1.82) is 0 Å². The van der Waals surface area contributed by atoms with Gasteiger partial charge in [0.2, 0.25) is 0 Å². The van der Waals surface area contributed by atoms with Crippen LogP contribution in [0.2, 0.25) is 0 Å². The van der Waals surface area contributed by atoms with Crippen LogP contribution in [0.25, 0.3) is 0 Å². The molecule has 2 aromatic carbocycles. The lowest BCUT2D eigenvalue weighted by molar-refractivity contribution is 0.0431. The van der Waals surface area contributed by atoms with Crippen molar-refractivity contribution < 1.29 is 10.2 Å². The third kappa shape index (κ3) is 4.83. The van der Waals surface area contributed by atoms with E-state index in [9.17, 15) is 10.2 Å². The Labute approximate surface area is 113 Å². The van der Waals surface area contributed by atoms with E-state index >= 15 is 0 Å². The number of aliphatic hydroxyl groups is 2. The second-order valence-corrected chi connectivity index (χ2v) is 4.58. The normalized spacial score (nSPS) is 14.0. The van der Waals surface area contributed by atoms with Crippen LogP contribution in [0.1, 0.15) is 11.1 Å². The minimum atomic E-state index is -0.749. The van der Waals surface area contributed by atoms with E-state index in [0.29, 0.717) is 12.8 Å². The van der Waals surface area contributed by atoms with Gasteiger partial charge in [0.1, 0.15) is 12.5 Å². The molecule has 2 aromatic rings. The Bertz CT molecular complexity index is 427. The molecule has 0 bridgehead atoms. The lowest BCUT2D eigenvalue weighted by Gasteiger charge is -2.18. The summed E-state index contributed by atoms with van der Waals surface area (Å²) < 4.78 is 0. The quantitative estimate of drug-likeness (QED) is 0.690. The summed E-state index contributed by atoms with van der Waals surface area (Å²) >= 11 is 0. The molecule has 0 aromatic heterocycles. The van der Waals surface area contributed by atoms with Gasteiger partial charge in [-0.3, -0.25) is 5.32 Å². The van der Waals surface area contributed by atoms with Gasteiger partial charge in [0.05, 0.1) is 0 Å². The highest BCUT2D eigenvalue weighted by molar-refractivity contribution is 5.16. The van der Waals surface area contributed by atoms with Gasteiger partial charge in [-0.2, -0.15) is 0 Å². The topological polar surface area (TPSA) is 52.5 Å². The molecule has 2 atom stereocenters. The van der Waals surface area contributed by atoms with Crippen LogP contribution < -0.4 is 5.32 Å². The van der Waals surface area contributed by atoms with E-state index in [1.165, 1.54) is 0 Å². The molecule has 0 aliphatic rings. The zero-order chi connectivity index (χ0) is 13.5. The van der Waals surface area contributed by atoms with E-state index in [4.69, 9.17) is 0 Å². The van der Waals surface area contributed by atoms with Gasteiger partial charge >= 0.3 is 0 Å². The van der Waals surface area contributed by atoms with Gasteiger partial charge in [0.15, 0.2) is 0 Å². The van der Waals surface area contributed by atoms with Gasteiger partial charge in [0, 0.05) is 12.8 Å². The van der Waals surface area contributed by atoms with Gasteiger partial charge in [-0.15, -0.1) is 0 Å². The average molecular weight is 257 g/mol. The molecule has 2 unspecified atom stereocenters. The SMILES string of the molecule is OC(Cc1ccccc1)NC(O)Cc1ccccc1. The maximum Gasteiger partial charge on any atom is 0.110 e. The third-order valence-corrected chi connectivity index (χ3v) is 2.93. The van der Waals surface area contributed by atoms with Gasteiger partial charge in [-0.1, -0.05) is 60.7 Å². The van der Waals surface area contributed by atoms with Crippen LogP contribution in [0.5, 0.6) is 0 Å². The fourth-order valence-corrected chi connectivity index (χ4v) is 2.01. The minimum absolute atomic E-state index is 0.479. The summed E-state index contributed by atoms with van der Waals surface area (Å²) in [7, 11) is 0. The Morgan fingerprint density at radius 3 is 1.42 bits per heavy atom. The smallest absolute Gasteiger partial charge is 0.110 e. The summed E-state index contributed by atoms with van der Waals surface area (Å²) in [6.45, 7) is 0. The van der Waals surface area contributed by atoms with Crippen molar-refractivity contribution in [1.82, 2.24) is 5.32 Å². The summed E-state index contributed by atoms with van der Waals surface area (Å²) in [5.41, 5.74) is 2.07. The summed E-state index contributed by atoms with van der Waals surface area (Å²) in [5.74, 6) is 0. The first kappa shape index (κ1) is 13.7. The highest BCUT2D eigenvalue weighted by Crippen LogP contribution is 2.04. The van der Waals surface area contributed by atoms with E-state index < -0.39 is 12.5 Å². The van der Waals surface area contributed by atoms with E-state index in [2.05, 4.69) is 5.32 Å². The zero-order valence-electron chi connectivity index (χ0n) is 10.7. The first-order valence-electron chi connectivity index (χ1n) is 6.44. The number of nitrogens with one attached hydrogen (secondary N) is 1. The van der Waals surface area contributed by atoms with Crippen LogP contribution >= 0.6 is 0 Å². The summed E-state index contributed by atoms with van der Waals surface area (Å²) in [6, 6.07) is 19.4. The predicted octanol–water partition coefficient (Wildman–Crippen LogP) is 1.70.